The lowest BCUT2D eigenvalue weighted by Gasteiger charge is -2.26. The van der Waals surface area contributed by atoms with Crippen molar-refractivity contribution in [2.24, 2.45) is 0 Å². The van der Waals surface area contributed by atoms with Crippen molar-refractivity contribution in [1.82, 2.24) is 4.90 Å². The number of hydrogen-bond acceptors (Lipinski definition) is 2. The second-order valence-electron chi connectivity index (χ2n) is 5.08. The summed E-state index contributed by atoms with van der Waals surface area (Å²) in [5, 5.41) is 3.24. The number of anilines is 1. The van der Waals surface area contributed by atoms with Gasteiger partial charge in [-0.2, -0.15) is 0 Å². The van der Waals surface area contributed by atoms with E-state index in [1.54, 1.807) is 4.90 Å². The van der Waals surface area contributed by atoms with Crippen LogP contribution in [-0.2, 0) is 0 Å². The Kier molecular flexibility index (Phi) is 4.99. The van der Waals surface area contributed by atoms with E-state index in [9.17, 15) is 4.79 Å². The van der Waals surface area contributed by atoms with Crippen LogP contribution in [0.5, 0.6) is 0 Å². The molecule has 1 amide bonds. The second-order valence-corrected chi connectivity index (χ2v) is 5.08. The molecule has 1 N–H and O–H groups in total. The summed E-state index contributed by atoms with van der Waals surface area (Å²) in [7, 11) is 1.85. The first-order valence-corrected chi connectivity index (χ1v) is 7.30. The normalized spacial score (nSPS) is 11.8. The zero-order chi connectivity index (χ0) is 15.2. The molecule has 0 aliphatic carbocycles. The summed E-state index contributed by atoms with van der Waals surface area (Å²) in [6.45, 7) is 4.86. The van der Waals surface area contributed by atoms with Crippen molar-refractivity contribution in [2.45, 2.75) is 19.9 Å². The van der Waals surface area contributed by atoms with Gasteiger partial charge in [-0.05, 0) is 31.5 Å². The van der Waals surface area contributed by atoms with Gasteiger partial charge in [0.05, 0.1) is 11.6 Å². The Hall–Kier alpha value is -2.29. The molecule has 0 fully saturated rings. The number of nitrogens with one attached hydrogen (secondary N) is 1. The van der Waals surface area contributed by atoms with Gasteiger partial charge in [-0.1, -0.05) is 42.5 Å². The van der Waals surface area contributed by atoms with Crippen molar-refractivity contribution in [1.29, 1.82) is 0 Å². The van der Waals surface area contributed by atoms with Gasteiger partial charge in [-0.3, -0.25) is 4.79 Å². The molecular formula is C18H22N2O. The average Bonchev–Trinajstić information content (AvgIpc) is 2.54. The van der Waals surface area contributed by atoms with E-state index in [-0.39, 0.29) is 11.9 Å². The van der Waals surface area contributed by atoms with Gasteiger partial charge in [-0.25, -0.2) is 0 Å². The number of carbonyl (C=O) groups excluding carboxylic acids is 1. The summed E-state index contributed by atoms with van der Waals surface area (Å²) in [5.41, 5.74) is 2.73. The average molecular weight is 282 g/mol. The molecule has 0 bridgehead atoms. The van der Waals surface area contributed by atoms with E-state index in [1.165, 1.54) is 0 Å². The summed E-state index contributed by atoms with van der Waals surface area (Å²) in [6.07, 6.45) is 0. The van der Waals surface area contributed by atoms with Gasteiger partial charge in [0, 0.05) is 19.3 Å². The number of amides is 1. The Morgan fingerprint density at radius 3 is 2.38 bits per heavy atom. The molecule has 0 heterocycles. The lowest BCUT2D eigenvalue weighted by Crippen LogP contribution is -2.30. The third-order valence-electron chi connectivity index (χ3n) is 3.71. The third kappa shape index (κ3) is 3.43. The predicted molar refractivity (Wildman–Crippen MR) is 87.6 cm³/mol. The second kappa shape index (κ2) is 6.93. The van der Waals surface area contributed by atoms with Crippen LogP contribution >= 0.6 is 0 Å². The zero-order valence-electron chi connectivity index (χ0n) is 12.8. The summed E-state index contributed by atoms with van der Waals surface area (Å²) in [5.74, 6) is 0.0305. The number of rotatable bonds is 5. The molecule has 21 heavy (non-hydrogen) atoms. The lowest BCUT2D eigenvalue weighted by molar-refractivity contribution is 0.0743. The Balaban J connectivity index is 2.23. The monoisotopic (exact) mass is 282 g/mol. The van der Waals surface area contributed by atoms with Gasteiger partial charge in [0.1, 0.15) is 0 Å². The van der Waals surface area contributed by atoms with E-state index in [0.29, 0.717) is 5.56 Å². The summed E-state index contributed by atoms with van der Waals surface area (Å²) < 4.78 is 0. The summed E-state index contributed by atoms with van der Waals surface area (Å²) >= 11 is 0. The molecule has 0 spiro atoms. The number of hydrogen-bond donors (Lipinski definition) is 1. The van der Waals surface area contributed by atoms with Gasteiger partial charge in [0.15, 0.2) is 0 Å². The molecule has 3 heteroatoms. The molecule has 3 nitrogen and oxygen atoms in total. The topological polar surface area (TPSA) is 32.3 Å². The van der Waals surface area contributed by atoms with E-state index in [0.717, 1.165) is 17.8 Å². The minimum absolute atomic E-state index is 0.0305. The van der Waals surface area contributed by atoms with Crippen molar-refractivity contribution >= 4 is 11.6 Å². The largest absolute Gasteiger partial charge is 0.385 e. The Labute approximate surface area is 126 Å². The minimum Gasteiger partial charge on any atom is -0.385 e. The fourth-order valence-corrected chi connectivity index (χ4v) is 2.34. The van der Waals surface area contributed by atoms with Gasteiger partial charge >= 0.3 is 0 Å². The van der Waals surface area contributed by atoms with Crippen LogP contribution in [0.2, 0.25) is 0 Å². The molecule has 0 aromatic heterocycles. The van der Waals surface area contributed by atoms with Crippen LogP contribution < -0.4 is 5.32 Å². The SMILES string of the molecule is CCNc1ccccc1C(=O)N(C)C(C)c1ccccc1. The molecular weight excluding hydrogens is 260 g/mol. The number of carbonyl (C=O) groups is 1. The highest BCUT2D eigenvalue weighted by atomic mass is 16.2. The first-order valence-electron chi connectivity index (χ1n) is 7.30. The minimum atomic E-state index is 0.0305. The van der Waals surface area contributed by atoms with Crippen molar-refractivity contribution < 1.29 is 4.79 Å². The van der Waals surface area contributed by atoms with Crippen LogP contribution in [0, 0.1) is 0 Å². The standard InChI is InChI=1S/C18H22N2O/c1-4-19-17-13-9-8-12-16(17)18(21)20(3)14(2)15-10-6-5-7-11-15/h5-14,19H,4H2,1-3H3. The molecule has 110 valence electrons. The maximum Gasteiger partial charge on any atom is 0.256 e. The van der Waals surface area contributed by atoms with E-state index < -0.39 is 0 Å². The first kappa shape index (κ1) is 15.1. The molecule has 0 saturated carbocycles. The predicted octanol–water partition coefficient (Wildman–Crippen LogP) is 3.95. The first-order chi connectivity index (χ1) is 10.1. The van der Waals surface area contributed by atoms with Crippen LogP contribution in [0.1, 0.15) is 35.8 Å². The van der Waals surface area contributed by atoms with Gasteiger partial charge in [0.25, 0.3) is 5.91 Å². The molecule has 1 unspecified atom stereocenters. The summed E-state index contributed by atoms with van der Waals surface area (Å²) in [4.78, 5) is 14.5. The Morgan fingerprint density at radius 1 is 1.10 bits per heavy atom. The van der Waals surface area contributed by atoms with Crippen LogP contribution in [0.25, 0.3) is 0 Å². The maximum atomic E-state index is 12.7. The molecule has 0 aliphatic rings. The van der Waals surface area contributed by atoms with E-state index >= 15 is 0 Å². The summed E-state index contributed by atoms with van der Waals surface area (Å²) in [6, 6.07) is 17.8. The third-order valence-corrected chi connectivity index (χ3v) is 3.71. The number of benzene rings is 2. The van der Waals surface area contributed by atoms with Crippen LogP contribution in [0.4, 0.5) is 5.69 Å². The molecule has 2 aromatic carbocycles. The highest BCUT2D eigenvalue weighted by Gasteiger charge is 2.20. The van der Waals surface area contributed by atoms with Gasteiger partial charge in [0.2, 0.25) is 0 Å². The van der Waals surface area contributed by atoms with Crippen molar-refractivity contribution in [2.75, 3.05) is 18.9 Å². The highest BCUT2D eigenvalue weighted by molar-refractivity contribution is 5.99. The van der Waals surface area contributed by atoms with Crippen molar-refractivity contribution in [3.63, 3.8) is 0 Å². The number of nitrogens with zero attached hydrogens (tertiary/aromatic N) is 1. The smallest absolute Gasteiger partial charge is 0.256 e. The fraction of sp³-hybridized carbons (Fsp3) is 0.278. The molecule has 0 saturated heterocycles. The van der Waals surface area contributed by atoms with Crippen LogP contribution in [0.15, 0.2) is 54.6 Å². The van der Waals surface area contributed by atoms with Crippen molar-refractivity contribution in [3.05, 3.63) is 65.7 Å². The number of para-hydroxylation sites is 1. The van der Waals surface area contributed by atoms with Gasteiger partial charge < -0.3 is 10.2 Å². The quantitative estimate of drug-likeness (QED) is 0.900. The fourth-order valence-electron chi connectivity index (χ4n) is 2.34. The van der Waals surface area contributed by atoms with Crippen LogP contribution in [0.3, 0.4) is 0 Å². The molecule has 2 aromatic rings. The zero-order valence-corrected chi connectivity index (χ0v) is 12.8. The maximum absolute atomic E-state index is 12.7. The molecule has 0 aliphatic heterocycles. The van der Waals surface area contributed by atoms with E-state index in [2.05, 4.69) is 5.32 Å². The van der Waals surface area contributed by atoms with Gasteiger partial charge in [-0.15, -0.1) is 0 Å². The Morgan fingerprint density at radius 2 is 1.71 bits per heavy atom. The highest BCUT2D eigenvalue weighted by Crippen LogP contribution is 2.23. The Bertz CT molecular complexity index is 595. The van der Waals surface area contributed by atoms with Crippen molar-refractivity contribution in [3.8, 4) is 0 Å². The molecule has 2 rings (SSSR count). The molecule has 1 atom stereocenters. The van der Waals surface area contributed by atoms with Crippen LogP contribution in [-0.4, -0.2) is 24.4 Å². The van der Waals surface area contributed by atoms with E-state index in [4.69, 9.17) is 0 Å². The van der Waals surface area contributed by atoms with E-state index in [1.807, 2.05) is 75.5 Å². The molecule has 0 radical (unpaired) electrons. The lowest BCUT2D eigenvalue weighted by atomic mass is 10.1.